The molecular weight excluding hydrogens is 378 g/mol. The first kappa shape index (κ1) is 20.2. The lowest BCUT2D eigenvalue weighted by Gasteiger charge is -2.07. The van der Waals surface area contributed by atoms with Crippen LogP contribution >= 0.6 is 0 Å². The highest BCUT2D eigenvalue weighted by molar-refractivity contribution is 5.79. The van der Waals surface area contributed by atoms with Gasteiger partial charge in [-0.1, -0.05) is 115 Å². The molecule has 4 rings (SSSR count). The Balaban J connectivity index is 1.77. The molecule has 3 heteroatoms. The second-order valence-corrected chi connectivity index (χ2v) is 7.13. The molecule has 0 N–H and O–H groups in total. The summed E-state index contributed by atoms with van der Waals surface area (Å²) in [5.74, 6) is 1.91. The highest BCUT2D eigenvalue weighted by atomic mass is 15.0. The number of nitrogens with zero attached hydrogens (tertiary/aromatic N) is 3. The molecule has 0 saturated carbocycles. The largest absolute Gasteiger partial charge is 0.209 e. The fourth-order valence-electron chi connectivity index (χ4n) is 3.18. The molecule has 1 heterocycles. The molecule has 1 aromatic heterocycles. The lowest BCUT2D eigenvalue weighted by Crippen LogP contribution is -1.99. The minimum absolute atomic E-state index is 0.606. The summed E-state index contributed by atoms with van der Waals surface area (Å²) in [5, 5.41) is 0. The second-order valence-electron chi connectivity index (χ2n) is 7.13. The van der Waals surface area contributed by atoms with Gasteiger partial charge in [0, 0.05) is 11.1 Å². The normalized spacial score (nSPS) is 11.6. The Morgan fingerprint density at radius 2 is 1.26 bits per heavy atom. The van der Waals surface area contributed by atoms with Crippen LogP contribution in [0.2, 0.25) is 0 Å². The van der Waals surface area contributed by atoms with E-state index in [1.54, 1.807) is 6.08 Å². The van der Waals surface area contributed by atoms with Crippen molar-refractivity contribution in [3.05, 3.63) is 127 Å². The van der Waals surface area contributed by atoms with E-state index >= 15 is 0 Å². The van der Waals surface area contributed by atoms with Gasteiger partial charge in [0.15, 0.2) is 17.5 Å². The van der Waals surface area contributed by atoms with Crippen LogP contribution in [0.4, 0.5) is 0 Å². The number of benzene rings is 3. The first-order valence-electron chi connectivity index (χ1n) is 10.2. The van der Waals surface area contributed by atoms with Gasteiger partial charge in [-0.25, -0.2) is 15.0 Å². The third kappa shape index (κ3) is 5.09. The molecule has 0 aliphatic carbocycles. The van der Waals surface area contributed by atoms with Gasteiger partial charge in [-0.15, -0.1) is 0 Å². The van der Waals surface area contributed by atoms with Crippen LogP contribution in [0.25, 0.3) is 34.4 Å². The van der Waals surface area contributed by atoms with Crippen molar-refractivity contribution in [3.63, 3.8) is 0 Å². The first-order valence-corrected chi connectivity index (χ1v) is 10.2. The van der Waals surface area contributed by atoms with E-state index in [9.17, 15) is 0 Å². The zero-order valence-corrected chi connectivity index (χ0v) is 17.4. The predicted octanol–water partition coefficient (Wildman–Crippen LogP) is 6.80. The summed E-state index contributed by atoms with van der Waals surface area (Å²) in [6.45, 7) is 5.94. The van der Waals surface area contributed by atoms with E-state index in [0.29, 0.717) is 17.5 Å². The topological polar surface area (TPSA) is 38.7 Å². The van der Waals surface area contributed by atoms with Crippen molar-refractivity contribution in [3.8, 4) is 22.8 Å². The average Bonchev–Trinajstić information content (AvgIpc) is 2.83. The zero-order chi connectivity index (χ0) is 21.5. The maximum Gasteiger partial charge on any atom is 0.164 e. The van der Waals surface area contributed by atoms with Gasteiger partial charge in [0.05, 0.1) is 0 Å². The van der Waals surface area contributed by atoms with E-state index in [1.165, 1.54) is 5.56 Å². The number of hydrogen-bond donors (Lipinski definition) is 0. The van der Waals surface area contributed by atoms with Gasteiger partial charge in [-0.2, -0.15) is 0 Å². The first-order chi connectivity index (χ1) is 15.2. The van der Waals surface area contributed by atoms with Crippen molar-refractivity contribution in [1.29, 1.82) is 0 Å². The maximum atomic E-state index is 4.72. The van der Waals surface area contributed by atoms with Crippen LogP contribution in [0.15, 0.2) is 110 Å². The van der Waals surface area contributed by atoms with E-state index in [-0.39, 0.29) is 0 Å². The third-order valence-corrected chi connectivity index (χ3v) is 4.81. The van der Waals surface area contributed by atoms with E-state index in [0.717, 1.165) is 22.3 Å². The molecule has 0 bridgehead atoms. The molecule has 0 saturated heterocycles. The minimum atomic E-state index is 0.606. The van der Waals surface area contributed by atoms with E-state index in [4.69, 9.17) is 15.0 Å². The van der Waals surface area contributed by atoms with Gasteiger partial charge in [-0.3, -0.25) is 0 Å². The Hall–Kier alpha value is -4.11. The number of aromatic nitrogens is 3. The van der Waals surface area contributed by atoms with Crippen molar-refractivity contribution in [1.82, 2.24) is 15.0 Å². The molecule has 3 aromatic carbocycles. The summed E-state index contributed by atoms with van der Waals surface area (Å²) in [7, 11) is 0. The SMILES string of the molecule is C=C/C=C(\C=C\c1nc(-c2ccccc2)nc(-c2ccccc2)n1)c1ccc(C)cc1. The van der Waals surface area contributed by atoms with Crippen molar-refractivity contribution in [2.45, 2.75) is 6.92 Å². The summed E-state index contributed by atoms with van der Waals surface area (Å²) >= 11 is 0. The van der Waals surface area contributed by atoms with E-state index in [1.807, 2.05) is 78.9 Å². The van der Waals surface area contributed by atoms with Crippen molar-refractivity contribution < 1.29 is 0 Å². The Bertz CT molecular complexity index is 1160. The number of allylic oxidation sites excluding steroid dienone is 4. The van der Waals surface area contributed by atoms with Crippen LogP contribution in [-0.2, 0) is 0 Å². The molecule has 0 spiro atoms. The monoisotopic (exact) mass is 401 g/mol. The maximum absolute atomic E-state index is 4.72. The van der Waals surface area contributed by atoms with Crippen LogP contribution in [0.1, 0.15) is 17.0 Å². The molecule has 4 aromatic rings. The number of aryl methyl sites for hydroxylation is 1. The molecule has 3 nitrogen and oxygen atoms in total. The van der Waals surface area contributed by atoms with Crippen LogP contribution in [0.5, 0.6) is 0 Å². The molecule has 0 aliphatic heterocycles. The summed E-state index contributed by atoms with van der Waals surface area (Å²) in [6, 6.07) is 28.3. The van der Waals surface area contributed by atoms with Gasteiger partial charge in [0.25, 0.3) is 0 Å². The zero-order valence-electron chi connectivity index (χ0n) is 17.4. The fraction of sp³-hybridized carbons (Fsp3) is 0.0357. The molecule has 0 unspecified atom stereocenters. The predicted molar refractivity (Wildman–Crippen MR) is 129 cm³/mol. The summed E-state index contributed by atoms with van der Waals surface area (Å²) in [6.07, 6.45) is 7.72. The molecule has 150 valence electrons. The summed E-state index contributed by atoms with van der Waals surface area (Å²) in [5.41, 5.74) is 5.29. The Morgan fingerprint density at radius 1 is 0.710 bits per heavy atom. The number of rotatable bonds is 6. The minimum Gasteiger partial charge on any atom is -0.209 e. The average molecular weight is 402 g/mol. The van der Waals surface area contributed by atoms with Crippen molar-refractivity contribution >= 4 is 11.6 Å². The standard InChI is InChI=1S/C28H23N3/c1-3-10-22(23-17-15-21(2)16-18-23)19-20-26-29-27(24-11-6-4-7-12-24)31-28(30-26)25-13-8-5-9-14-25/h3-20H,1H2,2H3/b20-19+,22-10+. The van der Waals surface area contributed by atoms with Crippen molar-refractivity contribution in [2.24, 2.45) is 0 Å². The van der Waals surface area contributed by atoms with Crippen LogP contribution < -0.4 is 0 Å². The summed E-state index contributed by atoms with van der Waals surface area (Å²) < 4.78 is 0. The molecule has 0 atom stereocenters. The third-order valence-electron chi connectivity index (χ3n) is 4.81. The lowest BCUT2D eigenvalue weighted by molar-refractivity contribution is 1.04. The Morgan fingerprint density at radius 3 is 1.77 bits per heavy atom. The van der Waals surface area contributed by atoms with E-state index in [2.05, 4.69) is 37.8 Å². The molecule has 0 fully saturated rings. The lowest BCUT2D eigenvalue weighted by atomic mass is 10.0. The molecule has 0 amide bonds. The van der Waals surface area contributed by atoms with Gasteiger partial charge in [0.2, 0.25) is 0 Å². The molecular formula is C28H23N3. The highest BCUT2D eigenvalue weighted by Gasteiger charge is 2.09. The quantitative estimate of drug-likeness (QED) is 0.334. The molecule has 0 radical (unpaired) electrons. The number of hydrogen-bond acceptors (Lipinski definition) is 3. The van der Waals surface area contributed by atoms with Crippen LogP contribution in [0, 0.1) is 6.92 Å². The Labute approximate surface area is 183 Å². The smallest absolute Gasteiger partial charge is 0.164 e. The van der Waals surface area contributed by atoms with E-state index < -0.39 is 0 Å². The Kier molecular flexibility index (Phi) is 6.24. The summed E-state index contributed by atoms with van der Waals surface area (Å²) in [4.78, 5) is 14.1. The molecule has 0 aliphatic rings. The van der Waals surface area contributed by atoms with Gasteiger partial charge in [0.1, 0.15) is 0 Å². The van der Waals surface area contributed by atoms with Crippen LogP contribution in [0.3, 0.4) is 0 Å². The van der Waals surface area contributed by atoms with Gasteiger partial charge in [-0.05, 0) is 24.1 Å². The second kappa shape index (κ2) is 9.59. The van der Waals surface area contributed by atoms with Gasteiger partial charge < -0.3 is 0 Å². The van der Waals surface area contributed by atoms with Gasteiger partial charge >= 0.3 is 0 Å². The fourth-order valence-corrected chi connectivity index (χ4v) is 3.18. The van der Waals surface area contributed by atoms with Crippen molar-refractivity contribution in [2.75, 3.05) is 0 Å². The molecule has 31 heavy (non-hydrogen) atoms. The van der Waals surface area contributed by atoms with Crippen LogP contribution in [-0.4, -0.2) is 15.0 Å². The highest BCUT2D eigenvalue weighted by Crippen LogP contribution is 2.22.